The van der Waals surface area contributed by atoms with Crippen molar-refractivity contribution in [1.82, 2.24) is 5.32 Å². The maximum atomic E-state index is 13.8. The normalized spacial score (nSPS) is 27.4. The summed E-state index contributed by atoms with van der Waals surface area (Å²) in [5.41, 5.74) is 6.49. The molecule has 1 aromatic rings. The second-order valence-corrected chi connectivity index (χ2v) is 6.71. The zero-order chi connectivity index (χ0) is 14.2. The molecule has 2 rings (SSSR count). The summed E-state index contributed by atoms with van der Waals surface area (Å²) in [6.07, 6.45) is 0. The van der Waals surface area contributed by atoms with Crippen molar-refractivity contribution in [3.8, 4) is 0 Å². The van der Waals surface area contributed by atoms with Crippen LogP contribution in [0.3, 0.4) is 0 Å². The summed E-state index contributed by atoms with van der Waals surface area (Å²) >= 11 is -1.18. The summed E-state index contributed by atoms with van der Waals surface area (Å²) in [5.74, 6) is 0.240. The minimum atomic E-state index is -1.18. The van der Waals surface area contributed by atoms with Gasteiger partial charge in [-0.05, 0) is 29.4 Å². The number of hydrogen-bond acceptors (Lipinski definition) is 3. The number of amidine groups is 1. The molecule has 0 saturated carbocycles. The van der Waals surface area contributed by atoms with E-state index in [9.17, 15) is 8.94 Å². The topological polar surface area (TPSA) is 85.0 Å². The second-order valence-electron chi connectivity index (χ2n) is 5.10. The van der Waals surface area contributed by atoms with Crippen LogP contribution in [0.2, 0.25) is 0 Å². The first kappa shape index (κ1) is 14.1. The molecule has 104 valence electrons. The first-order valence-corrected chi connectivity index (χ1v) is 7.55. The maximum absolute atomic E-state index is 13.8. The molecule has 1 fully saturated rings. The van der Waals surface area contributed by atoms with Crippen LogP contribution in [0.5, 0.6) is 0 Å². The van der Waals surface area contributed by atoms with E-state index in [4.69, 9.17) is 11.1 Å². The van der Waals surface area contributed by atoms with Gasteiger partial charge in [0, 0.05) is 17.2 Å². The van der Waals surface area contributed by atoms with Crippen molar-refractivity contribution in [1.29, 1.82) is 5.41 Å². The molecule has 0 aliphatic carbocycles. The zero-order valence-corrected chi connectivity index (χ0v) is 11.8. The molecule has 4 N–H and O–H groups in total. The van der Waals surface area contributed by atoms with Crippen LogP contribution in [0, 0.1) is 17.1 Å². The maximum Gasteiger partial charge on any atom is 0.174 e. The Morgan fingerprint density at radius 2 is 2.21 bits per heavy atom. The predicted molar refractivity (Wildman–Crippen MR) is 76.1 cm³/mol. The van der Waals surface area contributed by atoms with E-state index >= 15 is 0 Å². The van der Waals surface area contributed by atoms with Crippen LogP contribution in [0.25, 0.3) is 0 Å². The number of nitrogens with two attached hydrogens (primary N) is 1. The standard InChI is InChI=1S/C13H18FN3OS/c1-7(2)12-13(16)17-11(6-19(12)18)9-5-8(15)3-4-10(9)14/h3-5,7,11-12H,6,15H2,1-2H3,(H2,16,17). The first-order chi connectivity index (χ1) is 8.90. The number of hydrogen-bond donors (Lipinski definition) is 3. The molecule has 0 radical (unpaired) electrons. The van der Waals surface area contributed by atoms with Crippen molar-refractivity contribution in [2.24, 2.45) is 5.92 Å². The van der Waals surface area contributed by atoms with Gasteiger partial charge in [-0.1, -0.05) is 13.8 Å². The van der Waals surface area contributed by atoms with Crippen LogP contribution in [-0.2, 0) is 11.2 Å². The largest absolute Gasteiger partial charge is 0.616 e. The molecule has 0 bridgehead atoms. The Balaban J connectivity index is 2.25. The molecular formula is C13H18FN3OS. The summed E-state index contributed by atoms with van der Waals surface area (Å²) in [6, 6.07) is 3.87. The molecule has 19 heavy (non-hydrogen) atoms. The summed E-state index contributed by atoms with van der Waals surface area (Å²) in [4.78, 5) is 0. The smallest absolute Gasteiger partial charge is 0.174 e. The lowest BCUT2D eigenvalue weighted by Crippen LogP contribution is -2.52. The Kier molecular flexibility index (Phi) is 4.01. The molecule has 1 aliphatic rings. The van der Waals surface area contributed by atoms with Crippen molar-refractivity contribution in [2.45, 2.75) is 25.1 Å². The van der Waals surface area contributed by atoms with Gasteiger partial charge in [-0.3, -0.25) is 5.41 Å². The summed E-state index contributed by atoms with van der Waals surface area (Å²) in [6.45, 7) is 3.86. The van der Waals surface area contributed by atoms with E-state index in [1.54, 1.807) is 0 Å². The molecule has 3 unspecified atom stereocenters. The van der Waals surface area contributed by atoms with Crippen LogP contribution in [0.15, 0.2) is 18.2 Å². The fourth-order valence-corrected chi connectivity index (χ4v) is 4.08. The van der Waals surface area contributed by atoms with Crippen molar-refractivity contribution in [3.63, 3.8) is 0 Å². The highest BCUT2D eigenvalue weighted by Crippen LogP contribution is 2.28. The summed E-state index contributed by atoms with van der Waals surface area (Å²) in [7, 11) is 0. The molecule has 1 aromatic carbocycles. The molecule has 4 nitrogen and oxygen atoms in total. The van der Waals surface area contributed by atoms with Gasteiger partial charge < -0.3 is 15.6 Å². The van der Waals surface area contributed by atoms with Gasteiger partial charge in [0.2, 0.25) is 0 Å². The SMILES string of the molecule is CC(C)C1C(=N)NC(c2cc(N)ccc2F)C[S+]1[O-]. The highest BCUT2D eigenvalue weighted by molar-refractivity contribution is 7.92. The molecule has 0 aromatic heterocycles. The molecule has 0 amide bonds. The molecule has 3 atom stereocenters. The monoisotopic (exact) mass is 283 g/mol. The van der Waals surface area contributed by atoms with Crippen molar-refractivity contribution < 1.29 is 8.94 Å². The van der Waals surface area contributed by atoms with Crippen LogP contribution >= 0.6 is 0 Å². The van der Waals surface area contributed by atoms with Gasteiger partial charge in [0.15, 0.2) is 5.25 Å². The van der Waals surface area contributed by atoms with E-state index in [1.165, 1.54) is 18.2 Å². The van der Waals surface area contributed by atoms with E-state index in [-0.39, 0.29) is 22.8 Å². The van der Waals surface area contributed by atoms with Crippen LogP contribution in [0.1, 0.15) is 25.5 Å². The Morgan fingerprint density at radius 1 is 1.53 bits per heavy atom. The molecule has 1 saturated heterocycles. The molecular weight excluding hydrogens is 265 g/mol. The Labute approximate surface area is 115 Å². The van der Waals surface area contributed by atoms with E-state index in [0.29, 0.717) is 17.0 Å². The number of benzene rings is 1. The highest BCUT2D eigenvalue weighted by Gasteiger charge is 2.39. The zero-order valence-electron chi connectivity index (χ0n) is 10.9. The molecule has 6 heteroatoms. The van der Waals surface area contributed by atoms with Gasteiger partial charge in [-0.2, -0.15) is 0 Å². The molecule has 1 heterocycles. The van der Waals surface area contributed by atoms with E-state index < -0.39 is 17.2 Å². The van der Waals surface area contributed by atoms with E-state index in [0.717, 1.165) is 0 Å². The van der Waals surface area contributed by atoms with Crippen molar-refractivity contribution in [3.05, 3.63) is 29.6 Å². The fourth-order valence-electron chi connectivity index (χ4n) is 2.34. The summed E-state index contributed by atoms with van der Waals surface area (Å²) < 4.78 is 26.0. The number of halogens is 1. The van der Waals surface area contributed by atoms with Gasteiger partial charge >= 0.3 is 0 Å². The lowest BCUT2D eigenvalue weighted by atomic mass is 10.0. The van der Waals surface area contributed by atoms with Gasteiger partial charge in [0.05, 0.1) is 0 Å². The third-order valence-corrected chi connectivity index (χ3v) is 5.24. The third-order valence-electron chi connectivity index (χ3n) is 3.23. The first-order valence-electron chi connectivity index (χ1n) is 6.17. The number of nitrogens with one attached hydrogen (secondary N) is 2. The number of anilines is 1. The van der Waals surface area contributed by atoms with E-state index in [1.807, 2.05) is 13.8 Å². The van der Waals surface area contributed by atoms with Gasteiger partial charge in [0.1, 0.15) is 23.4 Å². The van der Waals surface area contributed by atoms with Crippen molar-refractivity contribution in [2.75, 3.05) is 11.5 Å². The number of nitrogen functional groups attached to an aromatic ring is 1. The molecule has 1 aliphatic heterocycles. The van der Waals surface area contributed by atoms with Crippen LogP contribution in [0.4, 0.5) is 10.1 Å². The van der Waals surface area contributed by atoms with E-state index in [2.05, 4.69) is 5.32 Å². The van der Waals surface area contributed by atoms with Crippen molar-refractivity contribution >= 4 is 22.7 Å². The van der Waals surface area contributed by atoms with Gasteiger partial charge in [-0.25, -0.2) is 4.39 Å². The fraction of sp³-hybridized carbons (Fsp3) is 0.462. The lowest BCUT2D eigenvalue weighted by molar-refractivity contribution is 0.521. The van der Waals surface area contributed by atoms with Gasteiger partial charge in [-0.15, -0.1) is 0 Å². The van der Waals surface area contributed by atoms with Crippen LogP contribution < -0.4 is 11.1 Å². The minimum Gasteiger partial charge on any atom is -0.616 e. The Bertz CT molecular complexity index is 495. The van der Waals surface area contributed by atoms with Gasteiger partial charge in [0.25, 0.3) is 0 Å². The number of rotatable bonds is 2. The molecule has 0 spiro atoms. The quantitative estimate of drug-likeness (QED) is 0.571. The average molecular weight is 283 g/mol. The Morgan fingerprint density at radius 3 is 2.79 bits per heavy atom. The second kappa shape index (κ2) is 5.38. The minimum absolute atomic E-state index is 0.118. The predicted octanol–water partition coefficient (Wildman–Crippen LogP) is 1.80. The van der Waals surface area contributed by atoms with Crippen LogP contribution in [-0.4, -0.2) is 21.4 Å². The lowest BCUT2D eigenvalue weighted by Gasteiger charge is -2.35. The highest BCUT2D eigenvalue weighted by atomic mass is 32.2. The average Bonchev–Trinajstić information content (AvgIpc) is 2.30. The summed E-state index contributed by atoms with van der Waals surface area (Å²) in [5, 5.41) is 10.6. The Hall–Kier alpha value is -1.27. The third kappa shape index (κ3) is 2.84.